The molecule has 0 radical (unpaired) electrons. The maximum Gasteiger partial charge on any atom is 0.252 e. The molecular weight excluding hydrogens is 300 g/mol. The van der Waals surface area contributed by atoms with E-state index in [1.165, 1.54) is 0 Å². The van der Waals surface area contributed by atoms with Gasteiger partial charge in [-0.3, -0.25) is 4.79 Å². The Kier molecular flexibility index (Phi) is 6.71. The zero-order valence-corrected chi connectivity index (χ0v) is 15.1. The van der Waals surface area contributed by atoms with E-state index in [-0.39, 0.29) is 11.5 Å². The summed E-state index contributed by atoms with van der Waals surface area (Å²) in [5.74, 6) is 0.887. The Morgan fingerprint density at radius 2 is 1.92 bits per heavy atom. The molecule has 0 aliphatic carbocycles. The van der Waals surface area contributed by atoms with E-state index in [1.54, 1.807) is 31.3 Å². The molecule has 0 aromatic carbocycles. The lowest BCUT2D eigenvalue weighted by atomic mass is 10.2. The predicted octanol–water partition coefficient (Wildman–Crippen LogP) is 4.88. The van der Waals surface area contributed by atoms with Crippen LogP contribution in [-0.4, -0.2) is 16.5 Å². The third kappa shape index (κ3) is 7.58. The van der Waals surface area contributed by atoms with Gasteiger partial charge in [-0.2, -0.15) is 0 Å². The van der Waals surface area contributed by atoms with E-state index in [9.17, 15) is 4.79 Å². The average molecular weight is 326 g/mol. The van der Waals surface area contributed by atoms with Gasteiger partial charge in [-0.25, -0.2) is 4.98 Å². The quantitative estimate of drug-likeness (QED) is 0.460. The maximum atomic E-state index is 12.0. The van der Waals surface area contributed by atoms with Crippen molar-refractivity contribution in [3.8, 4) is 0 Å². The number of carbonyl (C=O) groups excluding carboxylic acids is 1. The van der Waals surface area contributed by atoms with Crippen molar-refractivity contribution in [2.75, 3.05) is 5.32 Å². The molecule has 1 N–H and O–H groups in total. The number of anilines is 1. The lowest BCUT2D eigenvalue weighted by Gasteiger charge is -2.21. The number of nitrogens with zero attached hydrogens (tertiary/aromatic N) is 1. The number of carbonyl (C=O) groups is 1. The Labute approximate surface area is 144 Å². The van der Waals surface area contributed by atoms with Crippen LogP contribution in [0.1, 0.15) is 40.2 Å². The topological polar surface area (TPSA) is 51.2 Å². The van der Waals surface area contributed by atoms with Crippen LogP contribution >= 0.6 is 0 Å². The van der Waals surface area contributed by atoms with Gasteiger partial charge in [0.2, 0.25) is 0 Å². The fraction of sp³-hybridized carbons (Fsp3) is 0.300. The normalized spacial score (nSPS) is 12.1. The summed E-state index contributed by atoms with van der Waals surface area (Å²) >= 11 is 0. The molecule has 0 bridgehead atoms. The second-order valence-corrected chi connectivity index (χ2v) is 6.62. The summed E-state index contributed by atoms with van der Waals surface area (Å²) < 4.78 is 5.62. The van der Waals surface area contributed by atoms with Crippen LogP contribution in [0.4, 0.5) is 5.82 Å². The molecule has 0 fully saturated rings. The standard InChI is InChI=1S/C20H26N2O2/c1-14(2)12-15(3)19(23)22-18-11-10-17(13-21-18)9-8-16(4)24-20(5,6)7/h8-13H,1,4H2,2-3,5-7H3,(H,21,22,23)/b9-8+,15-12+. The van der Waals surface area contributed by atoms with E-state index in [4.69, 9.17) is 4.74 Å². The molecule has 0 aliphatic rings. The number of hydrogen-bond acceptors (Lipinski definition) is 3. The zero-order valence-electron chi connectivity index (χ0n) is 15.1. The molecule has 0 spiro atoms. The Morgan fingerprint density at radius 1 is 1.25 bits per heavy atom. The molecule has 0 atom stereocenters. The van der Waals surface area contributed by atoms with Crippen molar-refractivity contribution in [1.29, 1.82) is 0 Å². The number of allylic oxidation sites excluding steroid dienone is 3. The van der Waals surface area contributed by atoms with Crippen molar-refractivity contribution in [2.24, 2.45) is 0 Å². The molecule has 4 heteroatoms. The van der Waals surface area contributed by atoms with Crippen LogP contribution in [0, 0.1) is 0 Å². The molecule has 0 saturated carbocycles. The van der Waals surface area contributed by atoms with E-state index in [0.29, 0.717) is 17.2 Å². The fourth-order valence-electron chi connectivity index (χ4n) is 1.84. The van der Waals surface area contributed by atoms with Crippen molar-refractivity contribution >= 4 is 17.8 Å². The van der Waals surface area contributed by atoms with E-state index in [2.05, 4.69) is 23.5 Å². The molecule has 1 heterocycles. The van der Waals surface area contributed by atoms with Gasteiger partial charge in [-0.15, -0.1) is 0 Å². The minimum Gasteiger partial charge on any atom is -0.489 e. The Morgan fingerprint density at radius 3 is 2.42 bits per heavy atom. The smallest absolute Gasteiger partial charge is 0.252 e. The van der Waals surface area contributed by atoms with E-state index in [0.717, 1.165) is 11.1 Å². The van der Waals surface area contributed by atoms with Gasteiger partial charge in [0, 0.05) is 11.8 Å². The van der Waals surface area contributed by atoms with Crippen LogP contribution in [0.3, 0.4) is 0 Å². The molecule has 0 unspecified atom stereocenters. The Bertz CT molecular complexity index is 675. The minimum atomic E-state index is -0.275. The monoisotopic (exact) mass is 326 g/mol. The lowest BCUT2D eigenvalue weighted by molar-refractivity contribution is -0.112. The highest BCUT2D eigenvalue weighted by Crippen LogP contribution is 2.15. The first kappa shape index (κ1) is 19.4. The molecule has 4 nitrogen and oxygen atoms in total. The summed E-state index contributed by atoms with van der Waals surface area (Å²) in [5, 5.41) is 2.74. The largest absolute Gasteiger partial charge is 0.489 e. The van der Waals surface area contributed by atoms with Crippen LogP contribution < -0.4 is 5.32 Å². The summed E-state index contributed by atoms with van der Waals surface area (Å²) in [5.41, 5.74) is 2.03. The third-order valence-electron chi connectivity index (χ3n) is 2.75. The molecule has 128 valence electrons. The van der Waals surface area contributed by atoms with Crippen LogP contribution in [0.25, 0.3) is 6.08 Å². The minimum absolute atomic E-state index is 0.194. The van der Waals surface area contributed by atoms with Crippen molar-refractivity contribution in [3.63, 3.8) is 0 Å². The number of nitrogens with one attached hydrogen (secondary N) is 1. The number of hydrogen-bond donors (Lipinski definition) is 1. The van der Waals surface area contributed by atoms with Crippen molar-refractivity contribution in [3.05, 3.63) is 66.1 Å². The summed E-state index contributed by atoms with van der Waals surface area (Å²) in [4.78, 5) is 16.2. The average Bonchev–Trinajstić information content (AvgIpc) is 2.44. The van der Waals surface area contributed by atoms with E-state index >= 15 is 0 Å². The highest BCUT2D eigenvalue weighted by molar-refractivity contribution is 6.03. The van der Waals surface area contributed by atoms with Crippen LogP contribution in [0.15, 0.2) is 60.5 Å². The SMILES string of the molecule is C=C(C)/C=C(\C)C(=O)Nc1ccc(/C=C/C(=C)OC(C)(C)C)cn1. The van der Waals surface area contributed by atoms with E-state index in [1.807, 2.05) is 39.8 Å². The second-order valence-electron chi connectivity index (χ2n) is 6.62. The number of ether oxygens (including phenoxy) is 1. The predicted molar refractivity (Wildman–Crippen MR) is 100 cm³/mol. The number of pyridine rings is 1. The van der Waals surface area contributed by atoms with Crippen LogP contribution in [0.5, 0.6) is 0 Å². The van der Waals surface area contributed by atoms with Crippen LogP contribution in [0.2, 0.25) is 0 Å². The first-order valence-electron chi connectivity index (χ1n) is 7.74. The highest BCUT2D eigenvalue weighted by Gasteiger charge is 2.10. The van der Waals surface area contributed by atoms with Gasteiger partial charge in [0.25, 0.3) is 5.91 Å². The zero-order chi connectivity index (χ0) is 18.3. The lowest BCUT2D eigenvalue weighted by Crippen LogP contribution is -2.17. The molecule has 24 heavy (non-hydrogen) atoms. The summed E-state index contributed by atoms with van der Waals surface area (Å²) in [6, 6.07) is 3.61. The Hall–Kier alpha value is -2.62. The first-order chi connectivity index (χ1) is 11.1. The first-order valence-corrected chi connectivity index (χ1v) is 7.74. The van der Waals surface area contributed by atoms with Gasteiger partial charge in [0.05, 0.1) is 0 Å². The molecule has 1 aromatic heterocycles. The number of amides is 1. The summed E-state index contributed by atoms with van der Waals surface area (Å²) in [7, 11) is 0. The fourth-order valence-corrected chi connectivity index (χ4v) is 1.84. The Balaban J connectivity index is 2.68. The number of aromatic nitrogens is 1. The van der Waals surface area contributed by atoms with Gasteiger partial charge in [0.15, 0.2) is 0 Å². The summed E-state index contributed by atoms with van der Waals surface area (Å²) in [6.45, 7) is 17.1. The van der Waals surface area contributed by atoms with Crippen molar-refractivity contribution in [2.45, 2.75) is 40.2 Å². The maximum absolute atomic E-state index is 12.0. The van der Waals surface area contributed by atoms with Crippen LogP contribution in [-0.2, 0) is 9.53 Å². The molecule has 1 rings (SSSR count). The van der Waals surface area contributed by atoms with E-state index < -0.39 is 0 Å². The second kappa shape index (κ2) is 8.29. The van der Waals surface area contributed by atoms with Gasteiger partial charge >= 0.3 is 0 Å². The highest BCUT2D eigenvalue weighted by atomic mass is 16.5. The molecule has 1 amide bonds. The summed E-state index contributed by atoms with van der Waals surface area (Å²) in [6.07, 6.45) is 7.06. The van der Waals surface area contributed by atoms with Gasteiger partial charge in [0.1, 0.15) is 17.2 Å². The van der Waals surface area contributed by atoms with Gasteiger partial charge < -0.3 is 10.1 Å². The molecule has 0 aliphatic heterocycles. The molecular formula is C20H26N2O2. The molecule has 1 aromatic rings. The molecule has 0 saturated heterocycles. The van der Waals surface area contributed by atoms with Gasteiger partial charge in [-0.05, 0) is 64.5 Å². The third-order valence-corrected chi connectivity index (χ3v) is 2.75. The van der Waals surface area contributed by atoms with Gasteiger partial charge in [-0.1, -0.05) is 24.8 Å². The number of rotatable bonds is 6. The van der Waals surface area contributed by atoms with Crippen molar-refractivity contribution < 1.29 is 9.53 Å². The van der Waals surface area contributed by atoms with Crippen molar-refractivity contribution in [1.82, 2.24) is 4.98 Å².